The number of hydrogen-bond donors (Lipinski definition) is 0. The molecular weight excluding hydrogens is 216 g/mol. The molecule has 1 aromatic rings. The molecule has 17 heavy (non-hydrogen) atoms. The minimum Gasteiger partial charge on any atom is -0.465 e. The fourth-order valence-corrected chi connectivity index (χ4v) is 1.52. The van der Waals surface area contributed by atoms with Gasteiger partial charge in [-0.2, -0.15) is 0 Å². The molecule has 0 atom stereocenters. The van der Waals surface area contributed by atoms with E-state index in [4.69, 9.17) is 4.74 Å². The maximum absolute atomic E-state index is 11.2. The van der Waals surface area contributed by atoms with Gasteiger partial charge in [-0.15, -0.1) is 0 Å². The van der Waals surface area contributed by atoms with Crippen molar-refractivity contribution in [1.29, 1.82) is 0 Å². The number of hydrogen-bond acceptors (Lipinski definition) is 3. The SMILES string of the molecule is CC(=O)OCC(C)(C)c1ccc(C(C)=O)cc1. The normalized spacial score (nSPS) is 11.1. The highest BCUT2D eigenvalue weighted by Crippen LogP contribution is 2.24. The molecule has 0 bridgehead atoms. The predicted octanol–water partition coefficient (Wildman–Crippen LogP) is 2.73. The average Bonchev–Trinajstić information content (AvgIpc) is 2.27. The number of ketones is 1. The molecule has 1 aromatic carbocycles. The van der Waals surface area contributed by atoms with Crippen molar-refractivity contribution in [3.8, 4) is 0 Å². The Labute approximate surface area is 102 Å². The second kappa shape index (κ2) is 5.13. The van der Waals surface area contributed by atoms with Gasteiger partial charge in [0.1, 0.15) is 6.61 Å². The van der Waals surface area contributed by atoms with E-state index in [1.165, 1.54) is 6.92 Å². The molecule has 92 valence electrons. The zero-order chi connectivity index (χ0) is 13.1. The number of esters is 1. The highest BCUT2D eigenvalue weighted by atomic mass is 16.5. The number of Topliss-reactive ketones (excluding diaryl/α,β-unsaturated/α-hetero) is 1. The Hall–Kier alpha value is -1.64. The largest absolute Gasteiger partial charge is 0.465 e. The highest BCUT2D eigenvalue weighted by Gasteiger charge is 2.22. The quantitative estimate of drug-likeness (QED) is 0.594. The Balaban J connectivity index is 2.84. The molecule has 3 heteroatoms. The van der Waals surface area contributed by atoms with Gasteiger partial charge in [0.2, 0.25) is 0 Å². The smallest absolute Gasteiger partial charge is 0.302 e. The third-order valence-electron chi connectivity index (χ3n) is 2.71. The molecule has 0 heterocycles. The van der Waals surface area contributed by atoms with Gasteiger partial charge in [0, 0.05) is 17.9 Å². The molecule has 1 rings (SSSR count). The molecule has 0 radical (unpaired) electrons. The Bertz CT molecular complexity index is 416. The molecule has 0 aliphatic carbocycles. The lowest BCUT2D eigenvalue weighted by Gasteiger charge is -2.24. The summed E-state index contributed by atoms with van der Waals surface area (Å²) in [4.78, 5) is 22.0. The Kier molecular flexibility index (Phi) is 4.05. The number of rotatable bonds is 4. The number of carbonyl (C=O) groups is 2. The van der Waals surface area contributed by atoms with E-state index in [0.717, 1.165) is 5.56 Å². The molecule has 0 saturated carbocycles. The Morgan fingerprint density at radius 2 is 1.65 bits per heavy atom. The molecule has 0 aromatic heterocycles. The molecule has 0 spiro atoms. The number of benzene rings is 1. The fourth-order valence-electron chi connectivity index (χ4n) is 1.52. The van der Waals surface area contributed by atoms with Gasteiger partial charge in [-0.05, 0) is 12.5 Å². The van der Waals surface area contributed by atoms with Crippen molar-refractivity contribution in [2.45, 2.75) is 33.1 Å². The van der Waals surface area contributed by atoms with Crippen LogP contribution in [0, 0.1) is 0 Å². The minimum absolute atomic E-state index is 0.0503. The summed E-state index contributed by atoms with van der Waals surface area (Å²) in [6.45, 7) is 7.27. The Morgan fingerprint density at radius 3 is 2.06 bits per heavy atom. The van der Waals surface area contributed by atoms with Crippen molar-refractivity contribution in [3.63, 3.8) is 0 Å². The van der Waals surface area contributed by atoms with Gasteiger partial charge >= 0.3 is 5.97 Å². The van der Waals surface area contributed by atoms with E-state index in [0.29, 0.717) is 12.2 Å². The summed E-state index contributed by atoms with van der Waals surface area (Å²) in [7, 11) is 0. The summed E-state index contributed by atoms with van der Waals surface area (Å²) < 4.78 is 5.03. The van der Waals surface area contributed by atoms with E-state index in [9.17, 15) is 9.59 Å². The first-order valence-corrected chi connectivity index (χ1v) is 5.58. The van der Waals surface area contributed by atoms with Crippen LogP contribution in [0.5, 0.6) is 0 Å². The zero-order valence-electron chi connectivity index (χ0n) is 10.7. The van der Waals surface area contributed by atoms with Gasteiger partial charge < -0.3 is 4.74 Å². The van der Waals surface area contributed by atoms with Gasteiger partial charge in [-0.3, -0.25) is 9.59 Å². The van der Waals surface area contributed by atoms with Crippen LogP contribution >= 0.6 is 0 Å². The number of ether oxygens (including phenoxy) is 1. The first-order valence-electron chi connectivity index (χ1n) is 5.58. The summed E-state index contributed by atoms with van der Waals surface area (Å²) in [6.07, 6.45) is 0. The third-order valence-corrected chi connectivity index (χ3v) is 2.71. The molecule has 0 saturated heterocycles. The predicted molar refractivity (Wildman–Crippen MR) is 66.1 cm³/mol. The van der Waals surface area contributed by atoms with Crippen LogP contribution < -0.4 is 0 Å². The maximum atomic E-state index is 11.2. The van der Waals surface area contributed by atoms with Gasteiger partial charge in [-0.25, -0.2) is 0 Å². The summed E-state index contributed by atoms with van der Waals surface area (Å²) >= 11 is 0. The minimum atomic E-state index is -0.279. The molecule has 0 N–H and O–H groups in total. The topological polar surface area (TPSA) is 43.4 Å². The summed E-state index contributed by atoms with van der Waals surface area (Å²) in [5, 5.41) is 0. The van der Waals surface area contributed by atoms with Crippen LogP contribution in [0.3, 0.4) is 0 Å². The van der Waals surface area contributed by atoms with Crippen LogP contribution in [-0.2, 0) is 14.9 Å². The van der Waals surface area contributed by atoms with Crippen molar-refractivity contribution in [3.05, 3.63) is 35.4 Å². The maximum Gasteiger partial charge on any atom is 0.302 e. The molecule has 0 unspecified atom stereocenters. The van der Waals surface area contributed by atoms with E-state index in [1.54, 1.807) is 19.1 Å². The number of carbonyl (C=O) groups excluding carboxylic acids is 2. The first kappa shape index (κ1) is 13.4. The molecule has 0 aliphatic rings. The van der Waals surface area contributed by atoms with Gasteiger partial charge in [-0.1, -0.05) is 38.1 Å². The summed E-state index contributed by atoms with van der Waals surface area (Å²) in [5.41, 5.74) is 1.49. The lowest BCUT2D eigenvalue weighted by atomic mass is 9.85. The van der Waals surface area contributed by atoms with E-state index < -0.39 is 0 Å². The molecular formula is C14H18O3. The van der Waals surface area contributed by atoms with Gasteiger partial charge in [0.25, 0.3) is 0 Å². The molecule has 0 amide bonds. The van der Waals surface area contributed by atoms with E-state index in [2.05, 4.69) is 0 Å². The van der Waals surface area contributed by atoms with Crippen LogP contribution in [0.2, 0.25) is 0 Å². The van der Waals surface area contributed by atoms with Crippen LogP contribution in [0.15, 0.2) is 24.3 Å². The summed E-state index contributed by atoms with van der Waals surface area (Å²) in [6, 6.07) is 7.40. The van der Waals surface area contributed by atoms with Crippen molar-refractivity contribution in [2.75, 3.05) is 6.61 Å². The molecule has 0 fully saturated rings. The van der Waals surface area contributed by atoms with Crippen molar-refractivity contribution >= 4 is 11.8 Å². The van der Waals surface area contributed by atoms with Crippen LogP contribution in [0.25, 0.3) is 0 Å². The second-order valence-corrected chi connectivity index (χ2v) is 4.80. The van der Waals surface area contributed by atoms with Crippen LogP contribution in [-0.4, -0.2) is 18.4 Å². The van der Waals surface area contributed by atoms with E-state index in [1.807, 2.05) is 26.0 Å². The van der Waals surface area contributed by atoms with Gasteiger partial charge in [0.05, 0.1) is 0 Å². The zero-order valence-corrected chi connectivity index (χ0v) is 10.7. The Morgan fingerprint density at radius 1 is 1.12 bits per heavy atom. The monoisotopic (exact) mass is 234 g/mol. The molecule has 3 nitrogen and oxygen atoms in total. The van der Waals surface area contributed by atoms with E-state index >= 15 is 0 Å². The molecule has 0 aliphatic heterocycles. The van der Waals surface area contributed by atoms with Crippen LogP contribution in [0.4, 0.5) is 0 Å². The van der Waals surface area contributed by atoms with E-state index in [-0.39, 0.29) is 17.2 Å². The van der Waals surface area contributed by atoms with Gasteiger partial charge in [0.15, 0.2) is 5.78 Å². The van der Waals surface area contributed by atoms with Crippen molar-refractivity contribution in [2.24, 2.45) is 0 Å². The average molecular weight is 234 g/mol. The first-order chi connectivity index (χ1) is 7.83. The third kappa shape index (κ3) is 3.70. The standard InChI is InChI=1S/C14H18O3/c1-10(15)12-5-7-13(8-6-12)14(3,4)9-17-11(2)16/h5-8H,9H2,1-4H3. The van der Waals surface area contributed by atoms with Crippen molar-refractivity contribution < 1.29 is 14.3 Å². The van der Waals surface area contributed by atoms with Crippen LogP contribution in [0.1, 0.15) is 43.6 Å². The van der Waals surface area contributed by atoms with Crippen molar-refractivity contribution in [1.82, 2.24) is 0 Å². The lowest BCUT2D eigenvalue weighted by molar-refractivity contribution is -0.142. The highest BCUT2D eigenvalue weighted by molar-refractivity contribution is 5.94. The summed E-state index contributed by atoms with van der Waals surface area (Å²) in [5.74, 6) is -0.229. The second-order valence-electron chi connectivity index (χ2n) is 4.80. The fraction of sp³-hybridized carbons (Fsp3) is 0.429. The lowest BCUT2D eigenvalue weighted by Crippen LogP contribution is -2.25.